The van der Waals surface area contributed by atoms with Crippen LogP contribution in [0.3, 0.4) is 0 Å². The molecule has 0 bridgehead atoms. The zero-order valence-electron chi connectivity index (χ0n) is 4.87. The number of phenolic OH excluding ortho intramolecular Hbond substituents is 1. The van der Waals surface area contributed by atoms with E-state index in [1.54, 1.807) is 18.2 Å². The Morgan fingerprint density at radius 2 is 2.00 bits per heavy atom. The molecular weight excluding hydrogens is 247 g/mol. The zero-order chi connectivity index (χ0) is 6.97. The van der Waals surface area contributed by atoms with Crippen LogP contribution in [0.4, 0.5) is 0 Å². The van der Waals surface area contributed by atoms with Gasteiger partial charge >= 0.3 is 68.7 Å². The number of halogens is 1. The van der Waals surface area contributed by atoms with E-state index in [0.29, 0.717) is 5.75 Å². The number of hydrogen-bond donors (Lipinski definition) is 1. The van der Waals surface area contributed by atoms with Gasteiger partial charge in [0.25, 0.3) is 0 Å². The van der Waals surface area contributed by atoms with Crippen LogP contribution in [0.25, 0.3) is 0 Å². The van der Waals surface area contributed by atoms with Crippen LogP contribution in [0.5, 0.6) is 17.2 Å². The summed E-state index contributed by atoms with van der Waals surface area (Å²) in [6.45, 7) is 0. The van der Waals surface area contributed by atoms with Crippen LogP contribution in [0.2, 0.25) is 0 Å². The summed E-state index contributed by atoms with van der Waals surface area (Å²) in [6.07, 6.45) is 0. The molecule has 1 aliphatic rings. The summed E-state index contributed by atoms with van der Waals surface area (Å²) in [5.41, 5.74) is 0. The summed E-state index contributed by atoms with van der Waals surface area (Å²) in [7, 11) is 0. The third-order valence-electron chi connectivity index (χ3n) is 1.16. The van der Waals surface area contributed by atoms with E-state index >= 15 is 0 Å². The van der Waals surface area contributed by atoms with E-state index in [4.69, 9.17) is 11.2 Å². The molecular formula is C6H4IO3-. The second kappa shape index (κ2) is 2.19. The molecule has 2 rings (SSSR count). The molecule has 1 aromatic carbocycles. The molecule has 0 aromatic heterocycles. The van der Waals surface area contributed by atoms with Crippen LogP contribution in [0, 0.1) is 0 Å². The van der Waals surface area contributed by atoms with Gasteiger partial charge in [0, 0.05) is 0 Å². The average molecular weight is 251 g/mol. The fraction of sp³-hybridized carbons (Fsp3) is 0. The van der Waals surface area contributed by atoms with Gasteiger partial charge in [-0.3, -0.25) is 0 Å². The first kappa shape index (κ1) is 6.09. The van der Waals surface area contributed by atoms with Crippen molar-refractivity contribution in [3.8, 4) is 17.2 Å². The summed E-state index contributed by atoms with van der Waals surface area (Å²) in [5.74, 6) is 1.62. The van der Waals surface area contributed by atoms with Crippen LogP contribution in [0.1, 0.15) is 0 Å². The molecule has 1 heterocycles. The molecule has 0 fully saturated rings. The number of rotatable bonds is 0. The third-order valence-corrected chi connectivity index (χ3v) is 2.47. The summed E-state index contributed by atoms with van der Waals surface area (Å²) in [6, 6.07) is 4.84. The summed E-state index contributed by atoms with van der Waals surface area (Å²) < 4.78 is 10.2. The van der Waals surface area contributed by atoms with E-state index in [9.17, 15) is 0 Å². The minimum atomic E-state index is -0.611. The molecule has 0 aliphatic carbocycles. The monoisotopic (exact) mass is 251 g/mol. The van der Waals surface area contributed by atoms with Crippen molar-refractivity contribution >= 4 is 0 Å². The number of aromatic hydroxyl groups is 1. The van der Waals surface area contributed by atoms with Gasteiger partial charge in [-0.1, -0.05) is 0 Å². The second-order valence-corrected chi connectivity index (χ2v) is 3.09. The number of benzene rings is 1. The molecule has 4 heteroatoms. The Labute approximate surface area is 68.9 Å². The minimum absolute atomic E-state index is 0.216. The van der Waals surface area contributed by atoms with Crippen LogP contribution < -0.4 is 28.2 Å². The van der Waals surface area contributed by atoms with E-state index in [-0.39, 0.29) is 5.75 Å². The van der Waals surface area contributed by atoms with Crippen molar-refractivity contribution in [3.63, 3.8) is 0 Å². The van der Waals surface area contributed by atoms with Crippen LogP contribution in [-0.4, -0.2) is 5.11 Å². The van der Waals surface area contributed by atoms with Crippen molar-refractivity contribution in [2.45, 2.75) is 0 Å². The first-order valence-electron chi connectivity index (χ1n) is 2.68. The van der Waals surface area contributed by atoms with Gasteiger partial charge < -0.3 is 0 Å². The van der Waals surface area contributed by atoms with Crippen molar-refractivity contribution in [1.82, 2.24) is 0 Å². The van der Waals surface area contributed by atoms with E-state index in [0.717, 1.165) is 5.75 Å². The first-order chi connectivity index (χ1) is 4.86. The standard InChI is InChI=1S/C6H4IO3/c8-4-1-2-5-6(3-4)10-7-9-5/h1-3,8H/q-1. The van der Waals surface area contributed by atoms with Gasteiger partial charge in [0.05, 0.1) is 0 Å². The predicted molar refractivity (Wildman–Crippen MR) is 29.4 cm³/mol. The Morgan fingerprint density at radius 3 is 2.90 bits per heavy atom. The molecule has 3 nitrogen and oxygen atoms in total. The van der Waals surface area contributed by atoms with Crippen molar-refractivity contribution in [2.24, 2.45) is 0 Å². The van der Waals surface area contributed by atoms with E-state index in [1.807, 2.05) is 0 Å². The van der Waals surface area contributed by atoms with E-state index in [1.165, 1.54) is 0 Å². The maximum absolute atomic E-state index is 8.97. The second-order valence-electron chi connectivity index (χ2n) is 1.85. The maximum atomic E-state index is 8.97. The predicted octanol–water partition coefficient (Wildman–Crippen LogP) is -1.92. The van der Waals surface area contributed by atoms with Gasteiger partial charge in [-0.05, 0) is 0 Å². The molecule has 0 spiro atoms. The van der Waals surface area contributed by atoms with Crippen LogP contribution >= 0.6 is 0 Å². The molecule has 0 radical (unpaired) electrons. The van der Waals surface area contributed by atoms with Crippen molar-refractivity contribution in [1.29, 1.82) is 0 Å². The first-order valence-corrected chi connectivity index (χ1v) is 4.44. The molecule has 1 N–H and O–H groups in total. The fourth-order valence-corrected chi connectivity index (χ4v) is 1.89. The summed E-state index contributed by atoms with van der Waals surface area (Å²) >= 11 is -0.611. The number of fused-ring (bicyclic) bond motifs is 1. The molecule has 0 amide bonds. The van der Waals surface area contributed by atoms with Gasteiger partial charge in [0.1, 0.15) is 0 Å². The fourth-order valence-electron chi connectivity index (χ4n) is 0.704. The van der Waals surface area contributed by atoms with Gasteiger partial charge in [-0.2, -0.15) is 0 Å². The van der Waals surface area contributed by atoms with Crippen molar-refractivity contribution in [2.75, 3.05) is 0 Å². The van der Waals surface area contributed by atoms with Crippen LogP contribution in [0.15, 0.2) is 18.2 Å². The topological polar surface area (TPSA) is 38.7 Å². The number of phenols is 1. The Bertz CT molecular complexity index is 261. The molecule has 0 saturated carbocycles. The zero-order valence-corrected chi connectivity index (χ0v) is 7.03. The van der Waals surface area contributed by atoms with Crippen molar-refractivity contribution < 1.29 is 33.3 Å². The quantitative estimate of drug-likeness (QED) is 0.546. The SMILES string of the molecule is Oc1ccc2c(c1)O[I-]O2. The third kappa shape index (κ3) is 0.880. The average Bonchev–Trinajstić information content (AvgIpc) is 2.33. The summed E-state index contributed by atoms with van der Waals surface area (Å²) in [4.78, 5) is 0. The molecule has 1 aromatic rings. The number of hydrogen-bond acceptors (Lipinski definition) is 3. The Morgan fingerprint density at radius 1 is 1.20 bits per heavy atom. The molecule has 0 atom stereocenters. The molecule has 0 saturated heterocycles. The van der Waals surface area contributed by atoms with Gasteiger partial charge in [0.15, 0.2) is 0 Å². The Kier molecular flexibility index (Phi) is 1.33. The Hall–Kier alpha value is -0.650. The van der Waals surface area contributed by atoms with Gasteiger partial charge in [0.2, 0.25) is 0 Å². The van der Waals surface area contributed by atoms with E-state index < -0.39 is 22.0 Å². The van der Waals surface area contributed by atoms with Gasteiger partial charge in [-0.15, -0.1) is 0 Å². The van der Waals surface area contributed by atoms with Crippen LogP contribution in [-0.2, 0) is 0 Å². The normalized spacial score (nSPS) is 14.4. The molecule has 54 valence electrons. The molecule has 0 unspecified atom stereocenters. The Balaban J connectivity index is 2.52. The molecule has 1 aliphatic heterocycles. The van der Waals surface area contributed by atoms with Gasteiger partial charge in [-0.25, -0.2) is 0 Å². The van der Waals surface area contributed by atoms with Crippen molar-refractivity contribution in [3.05, 3.63) is 18.2 Å². The van der Waals surface area contributed by atoms with E-state index in [2.05, 4.69) is 0 Å². The summed E-state index contributed by atoms with van der Waals surface area (Å²) in [5, 5.41) is 8.97. The molecule has 10 heavy (non-hydrogen) atoms.